The van der Waals surface area contributed by atoms with Crippen LogP contribution in [0.3, 0.4) is 0 Å². The molecular weight excluding hydrogens is 409 g/mol. The van der Waals surface area contributed by atoms with Crippen LogP contribution in [0.25, 0.3) is 0 Å². The van der Waals surface area contributed by atoms with Crippen LogP contribution < -0.4 is 15.0 Å². The molecule has 1 N–H and O–H groups in total. The summed E-state index contributed by atoms with van der Waals surface area (Å²) in [5, 5.41) is 2.91. The molecule has 3 rings (SSSR count). The molecule has 1 aromatic heterocycles. The molecule has 0 spiro atoms. The molecule has 0 fully saturated rings. The standard InChI is InChI=1S/C22H25ClFN3O3/c1-13-12-30-21-17(27(13)18(28)11-23)10-15(9-14-5-7-16(24)8-6-14)19(25-21)20(29)26-22(2,3)4/h5-8,10,13H,9,11-12H2,1-4H3,(H,26,29). The Bertz CT molecular complexity index is 957. The van der Waals surface area contributed by atoms with Crippen molar-refractivity contribution in [3.05, 3.63) is 53.0 Å². The number of anilines is 1. The van der Waals surface area contributed by atoms with E-state index in [1.165, 1.54) is 12.1 Å². The Balaban J connectivity index is 2.10. The minimum absolute atomic E-state index is 0.177. The van der Waals surface area contributed by atoms with Crippen LogP contribution in [-0.4, -0.2) is 40.9 Å². The first kappa shape index (κ1) is 22.0. The Morgan fingerprint density at radius 2 is 1.97 bits per heavy atom. The van der Waals surface area contributed by atoms with Crippen LogP contribution >= 0.6 is 11.6 Å². The van der Waals surface area contributed by atoms with Crippen molar-refractivity contribution in [3.63, 3.8) is 0 Å². The number of amides is 2. The van der Waals surface area contributed by atoms with E-state index in [4.69, 9.17) is 16.3 Å². The summed E-state index contributed by atoms with van der Waals surface area (Å²) >= 11 is 5.80. The second-order valence-electron chi connectivity index (χ2n) is 8.39. The molecule has 1 aliphatic rings. The molecule has 2 amide bonds. The lowest BCUT2D eigenvalue weighted by Crippen LogP contribution is -2.46. The van der Waals surface area contributed by atoms with E-state index in [0.29, 0.717) is 17.7 Å². The Hall–Kier alpha value is -2.67. The van der Waals surface area contributed by atoms with E-state index in [-0.39, 0.29) is 47.7 Å². The van der Waals surface area contributed by atoms with Crippen LogP contribution in [0.4, 0.5) is 10.1 Å². The summed E-state index contributed by atoms with van der Waals surface area (Å²) in [6.07, 6.45) is 0.338. The van der Waals surface area contributed by atoms with Crippen molar-refractivity contribution in [2.45, 2.75) is 45.7 Å². The van der Waals surface area contributed by atoms with Gasteiger partial charge in [0, 0.05) is 5.54 Å². The van der Waals surface area contributed by atoms with Gasteiger partial charge in [0.1, 0.15) is 29.7 Å². The maximum atomic E-state index is 13.3. The van der Waals surface area contributed by atoms with Gasteiger partial charge in [0.25, 0.3) is 5.91 Å². The number of rotatable bonds is 4. The number of alkyl halides is 1. The summed E-state index contributed by atoms with van der Waals surface area (Å²) in [6, 6.07) is 7.55. The third-order valence-corrected chi connectivity index (χ3v) is 4.83. The van der Waals surface area contributed by atoms with Crippen LogP contribution in [0.15, 0.2) is 30.3 Å². The Labute approximate surface area is 180 Å². The molecular formula is C22H25ClFN3O3. The maximum absolute atomic E-state index is 13.3. The highest BCUT2D eigenvalue weighted by molar-refractivity contribution is 6.29. The molecule has 6 nitrogen and oxygen atoms in total. The number of ether oxygens (including phenoxy) is 1. The van der Waals surface area contributed by atoms with Crippen molar-refractivity contribution in [3.8, 4) is 5.88 Å². The first-order valence-corrected chi connectivity index (χ1v) is 10.2. The monoisotopic (exact) mass is 433 g/mol. The van der Waals surface area contributed by atoms with Crippen LogP contribution in [0.5, 0.6) is 5.88 Å². The molecule has 0 saturated heterocycles. The average Bonchev–Trinajstić information content (AvgIpc) is 2.67. The second-order valence-corrected chi connectivity index (χ2v) is 8.65. The van der Waals surface area contributed by atoms with E-state index in [1.54, 1.807) is 23.1 Å². The summed E-state index contributed by atoms with van der Waals surface area (Å²) < 4.78 is 19.0. The lowest BCUT2D eigenvalue weighted by Gasteiger charge is -2.34. The van der Waals surface area contributed by atoms with E-state index in [2.05, 4.69) is 10.3 Å². The quantitative estimate of drug-likeness (QED) is 0.746. The lowest BCUT2D eigenvalue weighted by molar-refractivity contribution is -0.117. The van der Waals surface area contributed by atoms with Crippen molar-refractivity contribution >= 4 is 29.1 Å². The normalized spacial score (nSPS) is 15.9. The fourth-order valence-electron chi connectivity index (χ4n) is 3.31. The zero-order chi connectivity index (χ0) is 22.1. The molecule has 1 unspecified atom stereocenters. The number of fused-ring (bicyclic) bond motifs is 1. The van der Waals surface area contributed by atoms with E-state index in [1.807, 2.05) is 27.7 Å². The van der Waals surface area contributed by atoms with Crippen molar-refractivity contribution in [1.29, 1.82) is 0 Å². The highest BCUT2D eigenvalue weighted by Gasteiger charge is 2.32. The van der Waals surface area contributed by atoms with Gasteiger partial charge in [-0.25, -0.2) is 9.37 Å². The molecule has 0 bridgehead atoms. The zero-order valence-corrected chi connectivity index (χ0v) is 18.2. The first-order chi connectivity index (χ1) is 14.1. The smallest absolute Gasteiger partial charge is 0.270 e. The predicted molar refractivity (Wildman–Crippen MR) is 114 cm³/mol. The van der Waals surface area contributed by atoms with Gasteiger partial charge in [-0.15, -0.1) is 11.6 Å². The van der Waals surface area contributed by atoms with Gasteiger partial charge >= 0.3 is 0 Å². The minimum Gasteiger partial charge on any atom is -0.474 e. The van der Waals surface area contributed by atoms with E-state index in [9.17, 15) is 14.0 Å². The summed E-state index contributed by atoms with van der Waals surface area (Å²) in [6.45, 7) is 7.74. The van der Waals surface area contributed by atoms with E-state index >= 15 is 0 Å². The summed E-state index contributed by atoms with van der Waals surface area (Å²) in [4.78, 5) is 31.4. The van der Waals surface area contributed by atoms with Gasteiger partial charge in [0.2, 0.25) is 11.8 Å². The molecule has 0 saturated carbocycles. The first-order valence-electron chi connectivity index (χ1n) is 9.70. The second kappa shape index (κ2) is 8.60. The van der Waals surface area contributed by atoms with Gasteiger partial charge in [-0.3, -0.25) is 9.59 Å². The van der Waals surface area contributed by atoms with Crippen LogP contribution in [-0.2, 0) is 11.2 Å². The van der Waals surface area contributed by atoms with Gasteiger partial charge in [-0.2, -0.15) is 0 Å². The van der Waals surface area contributed by atoms with Gasteiger partial charge in [0.15, 0.2) is 0 Å². The van der Waals surface area contributed by atoms with E-state index < -0.39 is 5.54 Å². The number of hydrogen-bond acceptors (Lipinski definition) is 4. The Morgan fingerprint density at radius 3 is 2.57 bits per heavy atom. The number of carbonyl (C=O) groups is 2. The summed E-state index contributed by atoms with van der Waals surface area (Å²) in [7, 11) is 0. The molecule has 0 aliphatic carbocycles. The van der Waals surface area contributed by atoms with Crippen molar-refractivity contribution in [2.24, 2.45) is 0 Å². The largest absolute Gasteiger partial charge is 0.474 e. The number of carbonyl (C=O) groups excluding carboxylic acids is 2. The molecule has 2 heterocycles. The summed E-state index contributed by atoms with van der Waals surface area (Å²) in [5.41, 5.74) is 1.64. The van der Waals surface area contributed by atoms with Crippen LogP contribution in [0, 0.1) is 5.82 Å². The molecule has 8 heteroatoms. The zero-order valence-electron chi connectivity index (χ0n) is 17.5. The SMILES string of the molecule is CC1COc2nc(C(=O)NC(C)(C)C)c(Cc3ccc(F)cc3)cc2N1C(=O)CCl. The number of nitrogens with zero attached hydrogens (tertiary/aromatic N) is 2. The third kappa shape index (κ3) is 4.90. The Morgan fingerprint density at radius 1 is 1.30 bits per heavy atom. The third-order valence-electron chi connectivity index (χ3n) is 4.60. The minimum atomic E-state index is -0.461. The summed E-state index contributed by atoms with van der Waals surface area (Å²) in [5.74, 6) is -0.916. The van der Waals surface area contributed by atoms with Crippen molar-refractivity contribution in [1.82, 2.24) is 10.3 Å². The lowest BCUT2D eigenvalue weighted by atomic mass is 10.0. The highest BCUT2D eigenvalue weighted by Crippen LogP contribution is 2.35. The molecule has 1 aliphatic heterocycles. The number of halogens is 2. The van der Waals surface area contributed by atoms with Gasteiger partial charge < -0.3 is 15.0 Å². The topological polar surface area (TPSA) is 71.5 Å². The van der Waals surface area contributed by atoms with Gasteiger partial charge in [0.05, 0.1) is 6.04 Å². The fraction of sp³-hybridized carbons (Fsp3) is 0.409. The number of hydrogen-bond donors (Lipinski definition) is 1. The van der Waals surface area contributed by atoms with Crippen LogP contribution in [0.2, 0.25) is 0 Å². The molecule has 1 atom stereocenters. The average molecular weight is 434 g/mol. The number of benzene rings is 1. The molecule has 0 radical (unpaired) electrons. The van der Waals surface area contributed by atoms with Gasteiger partial charge in [-0.1, -0.05) is 12.1 Å². The predicted octanol–water partition coefficient (Wildman–Crippen LogP) is 3.69. The maximum Gasteiger partial charge on any atom is 0.270 e. The fourth-order valence-corrected chi connectivity index (χ4v) is 3.44. The van der Waals surface area contributed by atoms with Crippen molar-refractivity contribution in [2.75, 3.05) is 17.4 Å². The van der Waals surface area contributed by atoms with E-state index in [0.717, 1.165) is 5.56 Å². The number of pyridine rings is 1. The van der Waals surface area contributed by atoms with Gasteiger partial charge in [-0.05, 0) is 63.4 Å². The van der Waals surface area contributed by atoms with Crippen molar-refractivity contribution < 1.29 is 18.7 Å². The molecule has 2 aromatic rings. The highest BCUT2D eigenvalue weighted by atomic mass is 35.5. The Kier molecular flexibility index (Phi) is 6.31. The number of aromatic nitrogens is 1. The molecule has 30 heavy (non-hydrogen) atoms. The molecule has 160 valence electrons. The number of nitrogens with one attached hydrogen (secondary N) is 1. The van der Waals surface area contributed by atoms with Crippen LogP contribution in [0.1, 0.15) is 49.3 Å². The molecule has 1 aromatic carbocycles.